The van der Waals surface area contributed by atoms with Gasteiger partial charge in [-0.15, -0.1) is 0 Å². The van der Waals surface area contributed by atoms with E-state index >= 15 is 0 Å². The SMILES string of the molecule is O=C(CN1CCc2ccc([N+](=O)[O-])cc2C1)NCc1ccco1. The van der Waals surface area contributed by atoms with E-state index in [9.17, 15) is 14.9 Å². The van der Waals surface area contributed by atoms with E-state index in [1.807, 2.05) is 11.0 Å². The van der Waals surface area contributed by atoms with E-state index in [2.05, 4.69) is 5.32 Å². The molecule has 7 heteroatoms. The molecule has 23 heavy (non-hydrogen) atoms. The van der Waals surface area contributed by atoms with Crippen LogP contribution in [0.2, 0.25) is 0 Å². The first-order valence-corrected chi connectivity index (χ1v) is 7.39. The lowest BCUT2D eigenvalue weighted by Crippen LogP contribution is -2.39. The van der Waals surface area contributed by atoms with Crippen molar-refractivity contribution < 1.29 is 14.1 Å². The van der Waals surface area contributed by atoms with Crippen LogP contribution in [0.1, 0.15) is 16.9 Å². The number of benzene rings is 1. The molecule has 7 nitrogen and oxygen atoms in total. The average Bonchev–Trinajstić information content (AvgIpc) is 3.05. The van der Waals surface area contributed by atoms with Crippen LogP contribution >= 0.6 is 0 Å². The Hall–Kier alpha value is -2.67. The Bertz CT molecular complexity index is 712. The third-order valence-electron chi connectivity index (χ3n) is 3.90. The van der Waals surface area contributed by atoms with Gasteiger partial charge in [-0.2, -0.15) is 0 Å². The largest absolute Gasteiger partial charge is 0.467 e. The Morgan fingerprint density at radius 1 is 1.35 bits per heavy atom. The van der Waals surface area contributed by atoms with Crippen LogP contribution < -0.4 is 5.32 Å². The highest BCUT2D eigenvalue weighted by Gasteiger charge is 2.20. The molecule has 0 spiro atoms. The molecule has 1 aliphatic rings. The van der Waals surface area contributed by atoms with Crippen molar-refractivity contribution in [1.82, 2.24) is 10.2 Å². The summed E-state index contributed by atoms with van der Waals surface area (Å²) in [4.78, 5) is 24.4. The van der Waals surface area contributed by atoms with E-state index in [0.29, 0.717) is 18.8 Å². The van der Waals surface area contributed by atoms with Crippen LogP contribution in [-0.4, -0.2) is 28.8 Å². The van der Waals surface area contributed by atoms with Crippen molar-refractivity contribution in [1.29, 1.82) is 0 Å². The van der Waals surface area contributed by atoms with Crippen molar-refractivity contribution in [2.45, 2.75) is 19.5 Å². The van der Waals surface area contributed by atoms with Gasteiger partial charge in [-0.1, -0.05) is 6.07 Å². The maximum atomic E-state index is 12.0. The van der Waals surface area contributed by atoms with Gasteiger partial charge in [0.2, 0.25) is 5.91 Å². The minimum atomic E-state index is -0.394. The molecule has 2 aromatic rings. The van der Waals surface area contributed by atoms with Crippen LogP contribution in [0, 0.1) is 10.1 Å². The smallest absolute Gasteiger partial charge is 0.269 e. The lowest BCUT2D eigenvalue weighted by atomic mass is 9.99. The number of furan rings is 1. The van der Waals surface area contributed by atoms with Crippen LogP contribution in [0.15, 0.2) is 41.0 Å². The highest BCUT2D eigenvalue weighted by Crippen LogP contribution is 2.23. The Labute approximate surface area is 133 Å². The second kappa shape index (κ2) is 6.62. The molecule has 1 aromatic heterocycles. The number of nitrogens with one attached hydrogen (secondary N) is 1. The minimum absolute atomic E-state index is 0.0877. The predicted molar refractivity (Wildman–Crippen MR) is 82.6 cm³/mol. The summed E-state index contributed by atoms with van der Waals surface area (Å²) >= 11 is 0. The van der Waals surface area contributed by atoms with Gasteiger partial charge >= 0.3 is 0 Å². The van der Waals surface area contributed by atoms with Crippen molar-refractivity contribution in [3.05, 3.63) is 63.6 Å². The van der Waals surface area contributed by atoms with Gasteiger partial charge in [0.25, 0.3) is 5.69 Å². The molecular formula is C16H17N3O4. The van der Waals surface area contributed by atoms with E-state index in [1.54, 1.807) is 24.5 Å². The van der Waals surface area contributed by atoms with Gasteiger partial charge in [-0.05, 0) is 29.7 Å². The summed E-state index contributed by atoms with van der Waals surface area (Å²) < 4.78 is 5.16. The quantitative estimate of drug-likeness (QED) is 0.672. The fourth-order valence-electron chi connectivity index (χ4n) is 2.71. The Kier molecular flexibility index (Phi) is 4.38. The summed E-state index contributed by atoms with van der Waals surface area (Å²) in [6.45, 7) is 1.94. The van der Waals surface area contributed by atoms with Crippen molar-refractivity contribution in [2.24, 2.45) is 0 Å². The molecule has 1 N–H and O–H groups in total. The molecule has 0 fully saturated rings. The third kappa shape index (κ3) is 3.75. The van der Waals surface area contributed by atoms with Crippen molar-refractivity contribution in [3.63, 3.8) is 0 Å². The van der Waals surface area contributed by atoms with Crippen molar-refractivity contribution in [3.8, 4) is 0 Å². The van der Waals surface area contributed by atoms with Gasteiger partial charge in [0.1, 0.15) is 5.76 Å². The molecule has 0 aliphatic carbocycles. The van der Waals surface area contributed by atoms with Crippen molar-refractivity contribution >= 4 is 11.6 Å². The highest BCUT2D eigenvalue weighted by atomic mass is 16.6. The maximum Gasteiger partial charge on any atom is 0.269 e. The number of carbonyl (C=O) groups is 1. The second-order valence-electron chi connectivity index (χ2n) is 5.53. The number of nitro groups is 1. The Morgan fingerprint density at radius 2 is 2.22 bits per heavy atom. The number of hydrogen-bond acceptors (Lipinski definition) is 5. The molecule has 3 rings (SSSR count). The summed E-state index contributed by atoms with van der Waals surface area (Å²) in [6, 6.07) is 8.51. The summed E-state index contributed by atoms with van der Waals surface area (Å²) in [6.07, 6.45) is 2.36. The van der Waals surface area contributed by atoms with Crippen LogP contribution in [0.5, 0.6) is 0 Å². The number of non-ortho nitro benzene ring substituents is 1. The Morgan fingerprint density at radius 3 is 2.96 bits per heavy atom. The molecule has 0 radical (unpaired) electrons. The number of nitrogens with zero attached hydrogens (tertiary/aromatic N) is 2. The van der Waals surface area contributed by atoms with E-state index < -0.39 is 4.92 Å². The summed E-state index contributed by atoms with van der Waals surface area (Å²) in [7, 11) is 0. The van der Waals surface area contributed by atoms with E-state index in [0.717, 1.165) is 24.1 Å². The zero-order valence-corrected chi connectivity index (χ0v) is 12.5. The molecule has 0 unspecified atom stereocenters. The van der Waals surface area contributed by atoms with Crippen LogP contribution in [0.4, 0.5) is 5.69 Å². The first kappa shape index (κ1) is 15.2. The van der Waals surface area contributed by atoms with Crippen LogP contribution in [0.25, 0.3) is 0 Å². The minimum Gasteiger partial charge on any atom is -0.467 e. The molecule has 0 bridgehead atoms. The monoisotopic (exact) mass is 315 g/mol. The highest BCUT2D eigenvalue weighted by molar-refractivity contribution is 5.78. The summed E-state index contributed by atoms with van der Waals surface area (Å²) in [5.74, 6) is 0.619. The zero-order valence-electron chi connectivity index (χ0n) is 12.5. The number of fused-ring (bicyclic) bond motifs is 1. The van der Waals surface area contributed by atoms with Crippen molar-refractivity contribution in [2.75, 3.05) is 13.1 Å². The Balaban J connectivity index is 1.57. The number of rotatable bonds is 5. The molecule has 1 aromatic carbocycles. The summed E-state index contributed by atoms with van der Waals surface area (Å²) in [5, 5.41) is 13.7. The van der Waals surface area contributed by atoms with E-state index in [1.165, 1.54) is 6.07 Å². The zero-order chi connectivity index (χ0) is 16.2. The predicted octanol–water partition coefficient (Wildman–Crippen LogP) is 1.86. The second-order valence-corrected chi connectivity index (χ2v) is 5.53. The number of carbonyl (C=O) groups excluding carboxylic acids is 1. The summed E-state index contributed by atoms with van der Waals surface area (Å²) in [5.41, 5.74) is 2.12. The van der Waals surface area contributed by atoms with Gasteiger partial charge in [-0.3, -0.25) is 19.8 Å². The molecule has 1 aliphatic heterocycles. The first-order chi connectivity index (χ1) is 11.1. The molecule has 0 saturated heterocycles. The first-order valence-electron chi connectivity index (χ1n) is 7.39. The molecule has 0 saturated carbocycles. The fraction of sp³-hybridized carbons (Fsp3) is 0.312. The third-order valence-corrected chi connectivity index (χ3v) is 3.90. The van der Waals surface area contributed by atoms with Crippen LogP contribution in [-0.2, 0) is 24.3 Å². The van der Waals surface area contributed by atoms with Gasteiger partial charge in [0.15, 0.2) is 0 Å². The van der Waals surface area contributed by atoms with E-state index in [-0.39, 0.29) is 18.1 Å². The molecule has 2 heterocycles. The average molecular weight is 315 g/mol. The van der Waals surface area contributed by atoms with Gasteiger partial charge in [0.05, 0.1) is 24.3 Å². The van der Waals surface area contributed by atoms with E-state index in [4.69, 9.17) is 4.42 Å². The standard InChI is InChI=1S/C16H17N3O4/c20-16(17-9-15-2-1-7-23-15)11-18-6-5-12-3-4-14(19(21)22)8-13(12)10-18/h1-4,7-8H,5-6,9-11H2,(H,17,20). The molecular weight excluding hydrogens is 298 g/mol. The van der Waals surface area contributed by atoms with Gasteiger partial charge in [-0.25, -0.2) is 0 Å². The molecule has 120 valence electrons. The maximum absolute atomic E-state index is 12.0. The normalized spacial score (nSPS) is 14.3. The number of nitro benzene ring substituents is 1. The molecule has 0 atom stereocenters. The fourth-order valence-corrected chi connectivity index (χ4v) is 2.71. The van der Waals surface area contributed by atoms with Crippen LogP contribution in [0.3, 0.4) is 0 Å². The van der Waals surface area contributed by atoms with Gasteiger partial charge in [0, 0.05) is 25.2 Å². The van der Waals surface area contributed by atoms with Gasteiger partial charge < -0.3 is 9.73 Å². The number of amides is 1. The molecule has 1 amide bonds. The lowest BCUT2D eigenvalue weighted by Gasteiger charge is -2.27. The lowest BCUT2D eigenvalue weighted by molar-refractivity contribution is -0.385. The topological polar surface area (TPSA) is 88.6 Å². The number of hydrogen-bond donors (Lipinski definition) is 1.